The predicted molar refractivity (Wildman–Crippen MR) is 45.0 cm³/mol. The molecule has 0 aliphatic carbocycles. The first kappa shape index (κ1) is 13.0. The molecule has 0 rings (SSSR count). The summed E-state index contributed by atoms with van der Waals surface area (Å²) in [5, 5.41) is 0. The number of carbonyl (C=O) groups is 1. The van der Waals surface area contributed by atoms with Crippen LogP contribution in [-0.2, 0) is 9.53 Å². The van der Waals surface area contributed by atoms with Crippen LogP contribution in [0.25, 0.3) is 0 Å². The van der Waals surface area contributed by atoms with Gasteiger partial charge in [-0.25, -0.2) is 0 Å². The first-order valence-corrected chi connectivity index (χ1v) is 3.70. The Hall–Kier alpha value is -0.610. The molecule has 0 saturated heterocycles. The average molecular weight is 162 g/mol. The van der Waals surface area contributed by atoms with Gasteiger partial charge in [0.05, 0.1) is 7.11 Å². The van der Waals surface area contributed by atoms with Crippen LogP contribution in [0.4, 0.5) is 0 Å². The zero-order valence-electron chi connectivity index (χ0n) is 7.08. The fourth-order valence-electron chi connectivity index (χ4n) is 0.465. The van der Waals surface area contributed by atoms with Gasteiger partial charge in [0.15, 0.2) is 0 Å². The van der Waals surface area contributed by atoms with Crippen LogP contribution in [0.5, 0.6) is 0 Å². The van der Waals surface area contributed by atoms with Crippen molar-refractivity contribution in [2.24, 2.45) is 11.5 Å². The van der Waals surface area contributed by atoms with Gasteiger partial charge in [-0.2, -0.15) is 0 Å². The van der Waals surface area contributed by atoms with E-state index >= 15 is 0 Å². The smallest absolute Gasteiger partial charge is 0.292 e. The van der Waals surface area contributed by atoms with E-state index in [-0.39, 0.29) is 0 Å². The summed E-state index contributed by atoms with van der Waals surface area (Å²) >= 11 is 0. The van der Waals surface area contributed by atoms with Crippen LogP contribution in [0.2, 0.25) is 0 Å². The van der Waals surface area contributed by atoms with Crippen molar-refractivity contribution in [1.82, 2.24) is 0 Å². The largest absolute Gasteiger partial charge is 0.471 e. The number of ether oxygens (including phenoxy) is 1. The second kappa shape index (κ2) is 16.2. The molecule has 0 amide bonds. The molecular formula is C7H18N2O2. The van der Waals surface area contributed by atoms with E-state index in [9.17, 15) is 0 Å². The molecule has 68 valence electrons. The summed E-state index contributed by atoms with van der Waals surface area (Å²) in [5.41, 5.74) is 10.5. The molecule has 0 aromatic rings. The standard InChI is InChI=1S/C5H14N2.C2H4O2/c6-4-2-1-3-5-7;1-4-2-3/h1-7H2;2H,1H3. The zero-order chi connectivity index (χ0) is 8.95. The second-order valence-corrected chi connectivity index (χ2v) is 1.97. The highest BCUT2D eigenvalue weighted by molar-refractivity contribution is 5.36. The maximum Gasteiger partial charge on any atom is 0.292 e. The predicted octanol–water partition coefficient (Wildman–Crippen LogP) is -0.137. The number of unbranched alkanes of at least 4 members (excludes halogenated alkanes) is 2. The summed E-state index contributed by atoms with van der Waals surface area (Å²) in [4.78, 5) is 8.95. The molecule has 0 aromatic heterocycles. The van der Waals surface area contributed by atoms with Crippen LogP contribution in [0, 0.1) is 0 Å². The Labute approximate surface area is 67.9 Å². The van der Waals surface area contributed by atoms with Crippen molar-refractivity contribution >= 4 is 6.47 Å². The fraction of sp³-hybridized carbons (Fsp3) is 0.857. The zero-order valence-corrected chi connectivity index (χ0v) is 7.08. The average Bonchev–Trinajstić information content (AvgIpc) is 2.06. The minimum absolute atomic E-state index is 0.375. The minimum atomic E-state index is 0.375. The second-order valence-electron chi connectivity index (χ2n) is 1.97. The molecule has 0 saturated carbocycles. The first-order chi connectivity index (χ1) is 5.33. The van der Waals surface area contributed by atoms with Crippen LogP contribution < -0.4 is 11.5 Å². The van der Waals surface area contributed by atoms with Gasteiger partial charge in [0.25, 0.3) is 6.47 Å². The van der Waals surface area contributed by atoms with Crippen LogP contribution in [0.15, 0.2) is 0 Å². The van der Waals surface area contributed by atoms with Crippen molar-refractivity contribution in [3.8, 4) is 0 Å². The number of nitrogens with two attached hydrogens (primary N) is 2. The Bertz CT molecular complexity index is 65.5. The lowest BCUT2D eigenvalue weighted by Crippen LogP contribution is -2.02. The molecule has 4 N–H and O–H groups in total. The van der Waals surface area contributed by atoms with Gasteiger partial charge < -0.3 is 16.2 Å². The number of hydrogen-bond acceptors (Lipinski definition) is 4. The third kappa shape index (κ3) is 26.6. The number of methoxy groups -OCH3 is 1. The van der Waals surface area contributed by atoms with E-state index in [1.165, 1.54) is 13.5 Å². The van der Waals surface area contributed by atoms with Crippen LogP contribution >= 0.6 is 0 Å². The maximum absolute atomic E-state index is 8.95. The van der Waals surface area contributed by atoms with Gasteiger partial charge in [0.1, 0.15) is 0 Å². The SMILES string of the molecule is COC=O.NCCCCCN. The molecule has 11 heavy (non-hydrogen) atoms. The number of carbonyl (C=O) groups excluding carboxylic acids is 1. The number of rotatable bonds is 5. The summed E-state index contributed by atoms with van der Waals surface area (Å²) < 4.78 is 3.86. The molecule has 0 heterocycles. The summed E-state index contributed by atoms with van der Waals surface area (Å²) in [6, 6.07) is 0. The minimum Gasteiger partial charge on any atom is -0.471 e. The summed E-state index contributed by atoms with van der Waals surface area (Å²) in [6.07, 6.45) is 3.43. The lowest BCUT2D eigenvalue weighted by molar-refractivity contribution is -0.126. The molecule has 0 radical (unpaired) electrons. The molecular weight excluding hydrogens is 144 g/mol. The molecule has 4 heteroatoms. The van der Waals surface area contributed by atoms with Gasteiger partial charge >= 0.3 is 0 Å². The summed E-state index contributed by atoms with van der Waals surface area (Å²) in [7, 11) is 1.31. The Morgan fingerprint density at radius 3 is 1.73 bits per heavy atom. The fourth-order valence-corrected chi connectivity index (χ4v) is 0.465. The molecule has 0 fully saturated rings. The molecule has 0 atom stereocenters. The molecule has 0 aliphatic heterocycles. The molecule has 0 aromatic carbocycles. The van der Waals surface area contributed by atoms with Gasteiger partial charge in [-0.1, -0.05) is 6.42 Å². The topological polar surface area (TPSA) is 78.3 Å². The Morgan fingerprint density at radius 2 is 1.55 bits per heavy atom. The monoisotopic (exact) mass is 162 g/mol. The van der Waals surface area contributed by atoms with Crippen molar-refractivity contribution in [3.05, 3.63) is 0 Å². The molecule has 0 aliphatic rings. The van der Waals surface area contributed by atoms with E-state index in [0.717, 1.165) is 25.9 Å². The molecule has 0 bridgehead atoms. The maximum atomic E-state index is 8.95. The number of hydrogen-bond donors (Lipinski definition) is 2. The van der Waals surface area contributed by atoms with E-state index < -0.39 is 0 Å². The van der Waals surface area contributed by atoms with Crippen molar-refractivity contribution < 1.29 is 9.53 Å². The van der Waals surface area contributed by atoms with E-state index in [0.29, 0.717) is 6.47 Å². The molecule has 0 unspecified atom stereocenters. The van der Waals surface area contributed by atoms with Crippen molar-refractivity contribution in [3.63, 3.8) is 0 Å². The Balaban J connectivity index is 0. The van der Waals surface area contributed by atoms with E-state index in [2.05, 4.69) is 4.74 Å². The highest BCUT2D eigenvalue weighted by Crippen LogP contribution is 1.88. The lowest BCUT2D eigenvalue weighted by atomic mass is 10.2. The Morgan fingerprint density at radius 1 is 1.18 bits per heavy atom. The van der Waals surface area contributed by atoms with Gasteiger partial charge in [0, 0.05) is 0 Å². The summed E-state index contributed by atoms with van der Waals surface area (Å²) in [5.74, 6) is 0. The quantitative estimate of drug-likeness (QED) is 0.436. The van der Waals surface area contributed by atoms with Gasteiger partial charge in [0.2, 0.25) is 0 Å². The first-order valence-electron chi connectivity index (χ1n) is 3.70. The van der Waals surface area contributed by atoms with Crippen LogP contribution in [-0.4, -0.2) is 26.7 Å². The van der Waals surface area contributed by atoms with E-state index in [1.54, 1.807) is 0 Å². The van der Waals surface area contributed by atoms with E-state index in [1.807, 2.05) is 0 Å². The lowest BCUT2D eigenvalue weighted by Gasteiger charge is -1.91. The van der Waals surface area contributed by atoms with Crippen LogP contribution in [0.1, 0.15) is 19.3 Å². The van der Waals surface area contributed by atoms with Crippen LogP contribution in [0.3, 0.4) is 0 Å². The van der Waals surface area contributed by atoms with Gasteiger partial charge in [-0.15, -0.1) is 0 Å². The van der Waals surface area contributed by atoms with Crippen molar-refractivity contribution in [2.45, 2.75) is 19.3 Å². The normalized spacial score (nSPS) is 7.91. The molecule has 4 nitrogen and oxygen atoms in total. The van der Waals surface area contributed by atoms with Gasteiger partial charge in [-0.3, -0.25) is 4.79 Å². The Kier molecular flexibility index (Phi) is 19.2. The third-order valence-electron chi connectivity index (χ3n) is 1.00. The molecule has 0 spiro atoms. The van der Waals surface area contributed by atoms with Crippen molar-refractivity contribution in [2.75, 3.05) is 20.2 Å². The van der Waals surface area contributed by atoms with Gasteiger partial charge in [-0.05, 0) is 25.9 Å². The van der Waals surface area contributed by atoms with Crippen molar-refractivity contribution in [1.29, 1.82) is 0 Å². The highest BCUT2D eigenvalue weighted by Gasteiger charge is 1.80. The van der Waals surface area contributed by atoms with E-state index in [4.69, 9.17) is 16.3 Å². The third-order valence-corrected chi connectivity index (χ3v) is 1.00. The highest BCUT2D eigenvalue weighted by atomic mass is 16.5. The summed E-state index contributed by atoms with van der Waals surface area (Å²) in [6.45, 7) is 1.99.